The van der Waals surface area contributed by atoms with E-state index in [1.165, 1.54) is 16.7 Å². The molecule has 0 bridgehead atoms. The van der Waals surface area contributed by atoms with E-state index < -0.39 is 5.54 Å². The Bertz CT molecular complexity index is 630. The van der Waals surface area contributed by atoms with Crippen LogP contribution in [0.3, 0.4) is 0 Å². The molecule has 0 saturated carbocycles. The Labute approximate surface area is 125 Å². The van der Waals surface area contributed by atoms with Gasteiger partial charge in [-0.2, -0.15) is 0 Å². The van der Waals surface area contributed by atoms with Crippen molar-refractivity contribution in [2.75, 3.05) is 7.05 Å². The van der Waals surface area contributed by atoms with Crippen molar-refractivity contribution in [3.63, 3.8) is 0 Å². The third-order valence-electron chi connectivity index (χ3n) is 4.95. The molecule has 21 heavy (non-hydrogen) atoms. The fraction of sp³-hybridized carbons (Fsp3) is 0.529. The van der Waals surface area contributed by atoms with Crippen LogP contribution in [0.4, 0.5) is 4.79 Å². The Morgan fingerprint density at radius 2 is 1.90 bits per heavy atom. The van der Waals surface area contributed by atoms with Gasteiger partial charge < -0.3 is 4.90 Å². The van der Waals surface area contributed by atoms with Crippen LogP contribution in [0.15, 0.2) is 18.2 Å². The number of fused-ring (bicyclic) bond motifs is 1. The maximum atomic E-state index is 12.2. The lowest BCUT2D eigenvalue weighted by Crippen LogP contribution is -2.51. The van der Waals surface area contributed by atoms with Gasteiger partial charge in [0.05, 0.1) is 0 Å². The Kier molecular flexibility index (Phi) is 2.91. The molecule has 112 valence electrons. The first kappa shape index (κ1) is 14.1. The predicted molar refractivity (Wildman–Crippen MR) is 81.2 cm³/mol. The van der Waals surface area contributed by atoms with Crippen LogP contribution in [0.5, 0.6) is 0 Å². The fourth-order valence-corrected chi connectivity index (χ4v) is 3.37. The molecule has 1 atom stereocenters. The molecule has 4 nitrogen and oxygen atoms in total. The summed E-state index contributed by atoms with van der Waals surface area (Å²) in [6.45, 7) is 6.61. The summed E-state index contributed by atoms with van der Waals surface area (Å²) in [6, 6.07) is 6.25. The Balaban J connectivity index is 1.97. The standard InChI is InChI=1S/C17H22N2O2/c1-16(2,3)13-6-5-12-10-17(8-7-11(12)9-13)14(20)18-15(21)19(17)4/h5-6,9H,7-8,10H2,1-4H3,(H,18,20,21). The number of urea groups is 1. The first-order valence-electron chi connectivity index (χ1n) is 7.45. The minimum Gasteiger partial charge on any atom is -0.312 e. The molecule has 1 aromatic carbocycles. The minimum atomic E-state index is -0.687. The van der Waals surface area contributed by atoms with Crippen molar-refractivity contribution in [1.29, 1.82) is 0 Å². The van der Waals surface area contributed by atoms with Gasteiger partial charge in [0.15, 0.2) is 0 Å². The molecule has 3 rings (SSSR count). The highest BCUT2D eigenvalue weighted by molar-refractivity contribution is 6.07. The SMILES string of the molecule is CN1C(=O)NC(=O)C12CCc1cc(C(C)(C)C)ccc1C2. The number of hydrogen-bond acceptors (Lipinski definition) is 2. The van der Waals surface area contributed by atoms with Gasteiger partial charge in [0.1, 0.15) is 5.54 Å². The zero-order valence-corrected chi connectivity index (χ0v) is 13.1. The van der Waals surface area contributed by atoms with Crippen LogP contribution in [0.2, 0.25) is 0 Å². The maximum absolute atomic E-state index is 12.2. The van der Waals surface area contributed by atoms with E-state index >= 15 is 0 Å². The molecule has 1 unspecified atom stereocenters. The first-order valence-corrected chi connectivity index (χ1v) is 7.45. The number of nitrogens with zero attached hydrogens (tertiary/aromatic N) is 1. The Morgan fingerprint density at radius 1 is 1.19 bits per heavy atom. The Morgan fingerprint density at radius 3 is 2.48 bits per heavy atom. The van der Waals surface area contributed by atoms with E-state index in [0.29, 0.717) is 12.8 Å². The highest BCUT2D eigenvalue weighted by Gasteiger charge is 2.52. The number of nitrogens with one attached hydrogen (secondary N) is 1. The number of likely N-dealkylation sites (N-methyl/N-ethyl adjacent to an activating group) is 1. The summed E-state index contributed by atoms with van der Waals surface area (Å²) in [6.07, 6.45) is 2.15. The second kappa shape index (κ2) is 4.33. The zero-order valence-electron chi connectivity index (χ0n) is 13.1. The monoisotopic (exact) mass is 286 g/mol. The van der Waals surface area contributed by atoms with Gasteiger partial charge >= 0.3 is 6.03 Å². The topological polar surface area (TPSA) is 49.4 Å². The highest BCUT2D eigenvalue weighted by Crippen LogP contribution is 2.37. The lowest BCUT2D eigenvalue weighted by Gasteiger charge is -2.37. The van der Waals surface area contributed by atoms with Gasteiger partial charge in [0.25, 0.3) is 5.91 Å². The van der Waals surface area contributed by atoms with E-state index in [4.69, 9.17) is 0 Å². The molecular weight excluding hydrogens is 264 g/mol. The first-order chi connectivity index (χ1) is 9.74. The van der Waals surface area contributed by atoms with Crippen molar-refractivity contribution in [3.8, 4) is 0 Å². The lowest BCUT2D eigenvalue weighted by molar-refractivity contribution is -0.126. The molecule has 1 heterocycles. The minimum absolute atomic E-state index is 0.127. The van der Waals surface area contributed by atoms with Crippen molar-refractivity contribution >= 4 is 11.9 Å². The molecule has 1 saturated heterocycles. The molecule has 1 N–H and O–H groups in total. The number of rotatable bonds is 0. The van der Waals surface area contributed by atoms with Crippen LogP contribution in [0.25, 0.3) is 0 Å². The summed E-state index contributed by atoms with van der Waals surface area (Å²) in [4.78, 5) is 25.6. The fourth-order valence-electron chi connectivity index (χ4n) is 3.37. The van der Waals surface area contributed by atoms with Gasteiger partial charge in [-0.15, -0.1) is 0 Å². The van der Waals surface area contributed by atoms with Gasteiger partial charge in [0.2, 0.25) is 0 Å². The molecule has 2 aliphatic rings. The smallest absolute Gasteiger partial charge is 0.312 e. The number of carbonyl (C=O) groups is 2. The van der Waals surface area contributed by atoms with E-state index in [1.54, 1.807) is 11.9 Å². The normalized spacial score (nSPS) is 25.2. The Hall–Kier alpha value is -1.84. The summed E-state index contributed by atoms with van der Waals surface area (Å²) in [7, 11) is 1.72. The van der Waals surface area contributed by atoms with Crippen LogP contribution in [0, 0.1) is 0 Å². The van der Waals surface area contributed by atoms with Crippen molar-refractivity contribution in [1.82, 2.24) is 10.2 Å². The summed E-state index contributed by atoms with van der Waals surface area (Å²) in [5, 5.41) is 2.44. The van der Waals surface area contributed by atoms with Crippen molar-refractivity contribution < 1.29 is 9.59 Å². The number of imide groups is 1. The predicted octanol–water partition coefficient (Wildman–Crippen LogP) is 2.39. The van der Waals surface area contributed by atoms with Gasteiger partial charge in [0, 0.05) is 13.5 Å². The van der Waals surface area contributed by atoms with E-state index in [2.05, 4.69) is 44.3 Å². The highest BCUT2D eigenvalue weighted by atomic mass is 16.2. The number of benzene rings is 1. The van der Waals surface area contributed by atoms with Gasteiger partial charge in [-0.25, -0.2) is 4.79 Å². The van der Waals surface area contributed by atoms with Crippen LogP contribution < -0.4 is 5.32 Å². The van der Waals surface area contributed by atoms with Crippen LogP contribution >= 0.6 is 0 Å². The number of aryl methyl sites for hydroxylation is 1. The second-order valence-corrected chi connectivity index (χ2v) is 7.26. The van der Waals surface area contributed by atoms with E-state index in [9.17, 15) is 9.59 Å². The summed E-state index contributed by atoms with van der Waals surface area (Å²) in [5.41, 5.74) is 3.26. The zero-order chi connectivity index (χ0) is 15.4. The van der Waals surface area contributed by atoms with Gasteiger partial charge in [-0.05, 0) is 34.9 Å². The summed E-state index contributed by atoms with van der Waals surface area (Å²) < 4.78 is 0. The molecular formula is C17H22N2O2. The number of hydrogen-bond donors (Lipinski definition) is 1. The van der Waals surface area contributed by atoms with E-state index in [-0.39, 0.29) is 17.4 Å². The molecule has 0 aromatic heterocycles. The summed E-state index contributed by atoms with van der Waals surface area (Å²) in [5.74, 6) is -0.152. The van der Waals surface area contributed by atoms with Crippen molar-refractivity contribution in [2.24, 2.45) is 0 Å². The van der Waals surface area contributed by atoms with Crippen LogP contribution in [0.1, 0.15) is 43.9 Å². The molecule has 0 radical (unpaired) electrons. The van der Waals surface area contributed by atoms with Crippen LogP contribution in [-0.2, 0) is 23.1 Å². The van der Waals surface area contributed by atoms with E-state index in [1.807, 2.05) is 0 Å². The third-order valence-corrected chi connectivity index (χ3v) is 4.95. The molecule has 1 aromatic rings. The molecule has 1 aliphatic heterocycles. The quantitative estimate of drug-likeness (QED) is 0.745. The van der Waals surface area contributed by atoms with E-state index in [0.717, 1.165) is 6.42 Å². The second-order valence-electron chi connectivity index (χ2n) is 7.26. The van der Waals surface area contributed by atoms with Gasteiger partial charge in [-0.1, -0.05) is 39.0 Å². The van der Waals surface area contributed by atoms with Crippen LogP contribution in [-0.4, -0.2) is 29.4 Å². The average molecular weight is 286 g/mol. The molecule has 4 heteroatoms. The van der Waals surface area contributed by atoms with Crippen molar-refractivity contribution in [2.45, 2.75) is 51.0 Å². The molecule has 1 aliphatic carbocycles. The largest absolute Gasteiger partial charge is 0.324 e. The summed E-state index contributed by atoms with van der Waals surface area (Å²) >= 11 is 0. The molecule has 3 amide bonds. The average Bonchev–Trinajstić information content (AvgIpc) is 2.62. The maximum Gasteiger partial charge on any atom is 0.324 e. The molecule has 1 spiro atoms. The lowest BCUT2D eigenvalue weighted by atomic mass is 9.75. The van der Waals surface area contributed by atoms with Crippen molar-refractivity contribution in [3.05, 3.63) is 34.9 Å². The number of amides is 3. The number of carbonyl (C=O) groups excluding carboxylic acids is 2. The molecule has 1 fully saturated rings. The van der Waals surface area contributed by atoms with Gasteiger partial charge in [-0.3, -0.25) is 10.1 Å². The third kappa shape index (κ3) is 2.04.